The van der Waals surface area contributed by atoms with Crippen LogP contribution in [0.4, 0.5) is 10.1 Å². The van der Waals surface area contributed by atoms with Gasteiger partial charge in [0.2, 0.25) is 0 Å². The van der Waals surface area contributed by atoms with E-state index in [0.717, 1.165) is 17.2 Å². The van der Waals surface area contributed by atoms with E-state index in [1.807, 2.05) is 26.0 Å². The molecular formula is C15H14FNO. The first-order valence-electron chi connectivity index (χ1n) is 5.66. The van der Waals surface area contributed by atoms with Gasteiger partial charge in [-0.2, -0.15) is 0 Å². The van der Waals surface area contributed by atoms with E-state index in [2.05, 4.69) is 0 Å². The summed E-state index contributed by atoms with van der Waals surface area (Å²) in [6, 6.07) is 9.59. The van der Waals surface area contributed by atoms with E-state index < -0.39 is 5.82 Å². The molecule has 18 heavy (non-hydrogen) atoms. The Kier molecular flexibility index (Phi) is 3.15. The van der Waals surface area contributed by atoms with Crippen molar-refractivity contribution in [3.05, 3.63) is 64.5 Å². The Balaban J connectivity index is 2.48. The van der Waals surface area contributed by atoms with Crippen molar-refractivity contribution in [1.82, 2.24) is 0 Å². The summed E-state index contributed by atoms with van der Waals surface area (Å²) in [5.41, 5.74) is 8.26. The van der Waals surface area contributed by atoms with E-state index in [-0.39, 0.29) is 11.3 Å². The first kappa shape index (κ1) is 12.3. The lowest BCUT2D eigenvalue weighted by molar-refractivity contribution is 0.103. The second-order valence-corrected chi connectivity index (χ2v) is 4.39. The molecule has 0 amide bonds. The zero-order valence-electron chi connectivity index (χ0n) is 10.3. The highest BCUT2D eigenvalue weighted by atomic mass is 19.1. The number of anilines is 1. The molecule has 3 heteroatoms. The van der Waals surface area contributed by atoms with Gasteiger partial charge in [0, 0.05) is 11.3 Å². The van der Waals surface area contributed by atoms with Crippen molar-refractivity contribution in [3.8, 4) is 0 Å². The van der Waals surface area contributed by atoms with Gasteiger partial charge >= 0.3 is 0 Å². The Labute approximate surface area is 105 Å². The van der Waals surface area contributed by atoms with Crippen LogP contribution in [-0.4, -0.2) is 5.78 Å². The van der Waals surface area contributed by atoms with Crippen LogP contribution < -0.4 is 5.73 Å². The minimum absolute atomic E-state index is 0.0520. The van der Waals surface area contributed by atoms with Crippen LogP contribution in [0.5, 0.6) is 0 Å². The lowest BCUT2D eigenvalue weighted by atomic mass is 9.97. The second-order valence-electron chi connectivity index (χ2n) is 4.39. The summed E-state index contributed by atoms with van der Waals surface area (Å²) in [4.78, 5) is 12.2. The molecule has 0 aliphatic heterocycles. The SMILES string of the molecule is Cc1ccc(C(=O)c2ccc(N)cc2F)c(C)c1. The average molecular weight is 243 g/mol. The van der Waals surface area contributed by atoms with Gasteiger partial charge in [-0.1, -0.05) is 23.8 Å². The molecule has 0 atom stereocenters. The first-order valence-corrected chi connectivity index (χ1v) is 5.66. The summed E-state index contributed by atoms with van der Waals surface area (Å²) < 4.78 is 13.7. The van der Waals surface area contributed by atoms with Crippen molar-refractivity contribution in [2.75, 3.05) is 5.73 Å². The number of carbonyl (C=O) groups is 1. The van der Waals surface area contributed by atoms with E-state index in [9.17, 15) is 9.18 Å². The maximum Gasteiger partial charge on any atom is 0.196 e. The average Bonchev–Trinajstić information content (AvgIpc) is 2.28. The van der Waals surface area contributed by atoms with Crippen LogP contribution in [0.2, 0.25) is 0 Å². The molecule has 92 valence electrons. The fraction of sp³-hybridized carbons (Fsp3) is 0.133. The quantitative estimate of drug-likeness (QED) is 0.650. The number of nitrogens with two attached hydrogens (primary N) is 1. The smallest absolute Gasteiger partial charge is 0.196 e. The lowest BCUT2D eigenvalue weighted by Gasteiger charge is -2.07. The van der Waals surface area contributed by atoms with Gasteiger partial charge in [-0.3, -0.25) is 4.79 Å². The van der Waals surface area contributed by atoms with Crippen LogP contribution in [0.15, 0.2) is 36.4 Å². The van der Waals surface area contributed by atoms with Crippen LogP contribution in [0.25, 0.3) is 0 Å². The minimum Gasteiger partial charge on any atom is -0.399 e. The molecule has 0 radical (unpaired) electrons. The van der Waals surface area contributed by atoms with Crippen LogP contribution >= 0.6 is 0 Å². The Hall–Kier alpha value is -2.16. The van der Waals surface area contributed by atoms with Gasteiger partial charge in [0.25, 0.3) is 0 Å². The van der Waals surface area contributed by atoms with E-state index in [4.69, 9.17) is 5.73 Å². The number of halogens is 1. The van der Waals surface area contributed by atoms with Gasteiger partial charge in [-0.05, 0) is 37.6 Å². The standard InChI is InChI=1S/C15H14FNO/c1-9-3-5-12(10(2)7-9)15(18)13-6-4-11(17)8-14(13)16/h3-8H,17H2,1-2H3. The molecule has 0 aliphatic rings. The topological polar surface area (TPSA) is 43.1 Å². The zero-order chi connectivity index (χ0) is 13.3. The summed E-state index contributed by atoms with van der Waals surface area (Å²) in [6.45, 7) is 3.79. The largest absolute Gasteiger partial charge is 0.399 e. The number of nitrogen functional groups attached to an aromatic ring is 1. The maximum atomic E-state index is 13.7. The maximum absolute atomic E-state index is 13.7. The summed E-state index contributed by atoms with van der Waals surface area (Å²) in [7, 11) is 0. The highest BCUT2D eigenvalue weighted by Gasteiger charge is 2.15. The molecule has 2 rings (SSSR count). The molecule has 0 spiro atoms. The fourth-order valence-corrected chi connectivity index (χ4v) is 1.93. The summed E-state index contributed by atoms with van der Waals surface area (Å²) in [5.74, 6) is -0.898. The monoisotopic (exact) mass is 243 g/mol. The molecule has 2 N–H and O–H groups in total. The predicted molar refractivity (Wildman–Crippen MR) is 70.2 cm³/mol. The summed E-state index contributed by atoms with van der Waals surface area (Å²) in [6.07, 6.45) is 0. The van der Waals surface area contributed by atoms with Crippen LogP contribution in [-0.2, 0) is 0 Å². The molecule has 2 aromatic carbocycles. The number of hydrogen-bond donors (Lipinski definition) is 1. The molecular weight excluding hydrogens is 229 g/mol. The predicted octanol–water partition coefficient (Wildman–Crippen LogP) is 3.26. The van der Waals surface area contributed by atoms with Crippen molar-refractivity contribution in [3.63, 3.8) is 0 Å². The van der Waals surface area contributed by atoms with E-state index in [1.54, 1.807) is 6.07 Å². The molecule has 2 nitrogen and oxygen atoms in total. The Morgan fingerprint density at radius 2 is 1.72 bits per heavy atom. The van der Waals surface area contributed by atoms with Crippen molar-refractivity contribution >= 4 is 11.5 Å². The van der Waals surface area contributed by atoms with Gasteiger partial charge in [0.15, 0.2) is 5.78 Å². The van der Waals surface area contributed by atoms with Gasteiger partial charge in [0.1, 0.15) is 5.82 Å². The molecule has 0 aromatic heterocycles. The van der Waals surface area contributed by atoms with Gasteiger partial charge in [0.05, 0.1) is 5.56 Å². The Bertz CT molecular complexity index is 566. The van der Waals surface area contributed by atoms with Crippen molar-refractivity contribution < 1.29 is 9.18 Å². The fourth-order valence-electron chi connectivity index (χ4n) is 1.93. The highest BCUT2D eigenvalue weighted by Crippen LogP contribution is 2.19. The number of rotatable bonds is 2. The zero-order valence-corrected chi connectivity index (χ0v) is 10.3. The molecule has 2 aromatic rings. The molecule has 0 heterocycles. The molecule has 0 bridgehead atoms. The van der Waals surface area contributed by atoms with E-state index >= 15 is 0 Å². The third-order valence-electron chi connectivity index (χ3n) is 2.86. The Morgan fingerprint density at radius 3 is 2.33 bits per heavy atom. The second kappa shape index (κ2) is 4.61. The molecule has 0 aliphatic carbocycles. The van der Waals surface area contributed by atoms with Crippen LogP contribution in [0, 0.1) is 19.7 Å². The number of ketones is 1. The number of benzene rings is 2. The molecule has 0 saturated heterocycles. The number of hydrogen-bond acceptors (Lipinski definition) is 2. The van der Waals surface area contributed by atoms with E-state index in [1.165, 1.54) is 12.1 Å². The minimum atomic E-state index is -0.583. The highest BCUT2D eigenvalue weighted by molar-refractivity contribution is 6.10. The lowest BCUT2D eigenvalue weighted by Crippen LogP contribution is -2.07. The van der Waals surface area contributed by atoms with Gasteiger partial charge < -0.3 is 5.73 Å². The third kappa shape index (κ3) is 2.25. The molecule has 0 unspecified atom stereocenters. The summed E-state index contributed by atoms with van der Waals surface area (Å²) >= 11 is 0. The van der Waals surface area contributed by atoms with Crippen molar-refractivity contribution in [2.24, 2.45) is 0 Å². The molecule has 0 fully saturated rings. The van der Waals surface area contributed by atoms with Crippen molar-refractivity contribution in [1.29, 1.82) is 0 Å². The summed E-state index contributed by atoms with van der Waals surface area (Å²) in [5, 5.41) is 0. The van der Waals surface area contributed by atoms with Crippen LogP contribution in [0.3, 0.4) is 0 Å². The Morgan fingerprint density at radius 1 is 1.06 bits per heavy atom. The third-order valence-corrected chi connectivity index (χ3v) is 2.86. The first-order chi connectivity index (χ1) is 8.49. The van der Waals surface area contributed by atoms with E-state index in [0.29, 0.717) is 11.3 Å². The normalized spacial score (nSPS) is 10.4. The molecule has 0 saturated carbocycles. The van der Waals surface area contributed by atoms with Crippen LogP contribution in [0.1, 0.15) is 27.0 Å². The van der Waals surface area contributed by atoms with Gasteiger partial charge in [-0.15, -0.1) is 0 Å². The van der Waals surface area contributed by atoms with Gasteiger partial charge in [-0.25, -0.2) is 4.39 Å². The van der Waals surface area contributed by atoms with Crippen molar-refractivity contribution in [2.45, 2.75) is 13.8 Å². The number of aryl methyl sites for hydroxylation is 2. The number of carbonyl (C=O) groups excluding carboxylic acids is 1.